The van der Waals surface area contributed by atoms with Crippen molar-refractivity contribution in [1.82, 2.24) is 0 Å². The predicted octanol–water partition coefficient (Wildman–Crippen LogP) is 2.89. The molecule has 0 spiro atoms. The van der Waals surface area contributed by atoms with Crippen LogP contribution in [0.25, 0.3) is 0 Å². The van der Waals surface area contributed by atoms with Crippen molar-refractivity contribution in [2.24, 2.45) is 0 Å². The van der Waals surface area contributed by atoms with E-state index in [1.807, 2.05) is 0 Å². The highest BCUT2D eigenvalue weighted by Crippen LogP contribution is 2.27. The maximum atomic E-state index is 11.6. The standard InChI is InChI=1S/C18H32O4/c1-2-3-4-5-6-7-8-9-10-11-12-15(19)18(22)16(20)13-14-17(18)21/h13-16,19-20,22H,2-12H2,1H3/t15?,16-,18+/m0/s1. The van der Waals surface area contributed by atoms with Crippen molar-refractivity contribution >= 4 is 5.78 Å². The molecule has 3 N–H and O–H groups in total. The van der Waals surface area contributed by atoms with Gasteiger partial charge in [0.25, 0.3) is 0 Å². The van der Waals surface area contributed by atoms with Crippen molar-refractivity contribution in [2.75, 3.05) is 0 Å². The molecule has 0 fully saturated rings. The third-order valence-corrected chi connectivity index (χ3v) is 4.61. The van der Waals surface area contributed by atoms with Crippen LogP contribution in [0.5, 0.6) is 0 Å². The minimum absolute atomic E-state index is 0.345. The smallest absolute Gasteiger partial charge is 0.192 e. The van der Waals surface area contributed by atoms with Crippen LogP contribution in [0.3, 0.4) is 0 Å². The first-order valence-corrected chi connectivity index (χ1v) is 8.84. The summed E-state index contributed by atoms with van der Waals surface area (Å²) in [6, 6.07) is 0. The lowest BCUT2D eigenvalue weighted by molar-refractivity contribution is -0.158. The molecule has 1 aliphatic carbocycles. The second-order valence-corrected chi connectivity index (χ2v) is 6.48. The lowest BCUT2D eigenvalue weighted by atomic mass is 9.87. The molecule has 1 aliphatic rings. The van der Waals surface area contributed by atoms with E-state index in [1.165, 1.54) is 51.0 Å². The summed E-state index contributed by atoms with van der Waals surface area (Å²) in [5.74, 6) is -0.598. The second kappa shape index (κ2) is 10.1. The first kappa shape index (κ1) is 19.3. The zero-order chi connectivity index (χ0) is 16.4. The van der Waals surface area contributed by atoms with Crippen LogP contribution in [-0.4, -0.2) is 38.9 Å². The molecule has 1 rings (SSSR count). The Morgan fingerprint density at radius 3 is 2.00 bits per heavy atom. The number of ketones is 1. The molecule has 1 unspecified atom stereocenters. The Labute approximate surface area is 134 Å². The maximum absolute atomic E-state index is 11.6. The summed E-state index contributed by atoms with van der Waals surface area (Å²) in [7, 11) is 0. The van der Waals surface area contributed by atoms with Gasteiger partial charge in [-0.2, -0.15) is 0 Å². The predicted molar refractivity (Wildman–Crippen MR) is 87.6 cm³/mol. The molecule has 3 atom stereocenters. The molecule has 0 aromatic rings. The van der Waals surface area contributed by atoms with Crippen molar-refractivity contribution in [3.63, 3.8) is 0 Å². The van der Waals surface area contributed by atoms with Gasteiger partial charge in [0.05, 0.1) is 6.10 Å². The third kappa shape index (κ3) is 5.49. The average Bonchev–Trinajstić information content (AvgIpc) is 2.77. The van der Waals surface area contributed by atoms with Crippen molar-refractivity contribution in [1.29, 1.82) is 0 Å². The first-order valence-electron chi connectivity index (χ1n) is 8.84. The Kier molecular flexibility index (Phi) is 8.91. The number of rotatable bonds is 12. The van der Waals surface area contributed by atoms with Gasteiger partial charge in [0.15, 0.2) is 11.4 Å². The quantitative estimate of drug-likeness (QED) is 0.484. The molecule has 0 saturated carbocycles. The van der Waals surface area contributed by atoms with Gasteiger partial charge in [-0.05, 0) is 18.6 Å². The maximum Gasteiger partial charge on any atom is 0.192 e. The van der Waals surface area contributed by atoms with E-state index in [0.29, 0.717) is 6.42 Å². The lowest BCUT2D eigenvalue weighted by Gasteiger charge is -2.30. The van der Waals surface area contributed by atoms with Gasteiger partial charge in [0.2, 0.25) is 0 Å². The van der Waals surface area contributed by atoms with Gasteiger partial charge in [-0.15, -0.1) is 0 Å². The minimum atomic E-state index is -2.03. The fraction of sp³-hybridized carbons (Fsp3) is 0.833. The Bertz CT molecular complexity index is 353. The van der Waals surface area contributed by atoms with Crippen LogP contribution in [0.1, 0.15) is 77.6 Å². The normalized spacial score (nSPS) is 25.8. The van der Waals surface area contributed by atoms with Crippen LogP contribution in [0, 0.1) is 0 Å². The highest BCUT2D eigenvalue weighted by molar-refractivity contribution is 6.00. The van der Waals surface area contributed by atoms with E-state index in [4.69, 9.17) is 0 Å². The van der Waals surface area contributed by atoms with Gasteiger partial charge >= 0.3 is 0 Å². The van der Waals surface area contributed by atoms with Crippen molar-refractivity contribution < 1.29 is 20.1 Å². The lowest BCUT2D eigenvalue weighted by Crippen LogP contribution is -2.54. The molecule has 0 heterocycles. The summed E-state index contributed by atoms with van der Waals surface area (Å²) in [5.41, 5.74) is -2.03. The summed E-state index contributed by atoms with van der Waals surface area (Å²) in [4.78, 5) is 11.6. The largest absolute Gasteiger partial charge is 0.390 e. The van der Waals surface area contributed by atoms with E-state index in [0.717, 1.165) is 25.3 Å². The first-order chi connectivity index (χ1) is 10.5. The molecule has 0 amide bonds. The number of aliphatic hydroxyl groups is 3. The molecule has 0 radical (unpaired) electrons. The Hall–Kier alpha value is -0.710. The molecule has 0 bridgehead atoms. The van der Waals surface area contributed by atoms with Crippen LogP contribution in [0.15, 0.2) is 12.2 Å². The van der Waals surface area contributed by atoms with Crippen molar-refractivity contribution in [3.8, 4) is 0 Å². The SMILES string of the molecule is CCCCCCCCCCCCC(O)[C@]1(O)C(=O)C=C[C@@H]1O. The van der Waals surface area contributed by atoms with E-state index in [1.54, 1.807) is 0 Å². The minimum Gasteiger partial charge on any atom is -0.390 e. The van der Waals surface area contributed by atoms with E-state index in [-0.39, 0.29) is 0 Å². The fourth-order valence-corrected chi connectivity index (χ4v) is 3.01. The van der Waals surface area contributed by atoms with Crippen molar-refractivity contribution in [3.05, 3.63) is 12.2 Å². The molecule has 4 heteroatoms. The Balaban J connectivity index is 2.04. The van der Waals surface area contributed by atoms with Gasteiger partial charge in [-0.3, -0.25) is 4.79 Å². The summed E-state index contributed by atoms with van der Waals surface area (Å²) in [5, 5.41) is 29.8. The molecular formula is C18H32O4. The number of carbonyl (C=O) groups excluding carboxylic acids is 1. The van der Waals surface area contributed by atoms with E-state index >= 15 is 0 Å². The fourth-order valence-electron chi connectivity index (χ4n) is 3.01. The second-order valence-electron chi connectivity index (χ2n) is 6.48. The van der Waals surface area contributed by atoms with Gasteiger partial charge in [-0.1, -0.05) is 71.1 Å². The average molecular weight is 312 g/mol. The van der Waals surface area contributed by atoms with Gasteiger partial charge < -0.3 is 15.3 Å². The monoisotopic (exact) mass is 312 g/mol. The molecular weight excluding hydrogens is 280 g/mol. The van der Waals surface area contributed by atoms with Crippen LogP contribution in [0.2, 0.25) is 0 Å². The van der Waals surface area contributed by atoms with Gasteiger partial charge in [0, 0.05) is 0 Å². The summed E-state index contributed by atoms with van der Waals surface area (Å²) in [6.45, 7) is 2.22. The van der Waals surface area contributed by atoms with Crippen LogP contribution >= 0.6 is 0 Å². The number of hydrogen-bond acceptors (Lipinski definition) is 4. The molecule has 0 aromatic carbocycles. The Morgan fingerprint density at radius 1 is 1.05 bits per heavy atom. The van der Waals surface area contributed by atoms with E-state index in [9.17, 15) is 20.1 Å². The number of aliphatic hydroxyl groups excluding tert-OH is 2. The molecule has 0 aromatic heterocycles. The van der Waals surface area contributed by atoms with Crippen molar-refractivity contribution in [2.45, 2.75) is 95.4 Å². The molecule has 22 heavy (non-hydrogen) atoms. The summed E-state index contributed by atoms with van der Waals surface area (Å²) >= 11 is 0. The van der Waals surface area contributed by atoms with Gasteiger partial charge in [-0.25, -0.2) is 0 Å². The third-order valence-electron chi connectivity index (χ3n) is 4.61. The molecule has 0 aliphatic heterocycles. The molecule has 4 nitrogen and oxygen atoms in total. The zero-order valence-corrected chi connectivity index (χ0v) is 13.8. The summed E-state index contributed by atoms with van der Waals surface area (Å²) in [6.07, 6.45) is 12.2. The topological polar surface area (TPSA) is 77.8 Å². The van der Waals surface area contributed by atoms with Crippen LogP contribution in [-0.2, 0) is 4.79 Å². The number of unbranched alkanes of at least 4 members (excludes halogenated alkanes) is 9. The van der Waals surface area contributed by atoms with E-state index < -0.39 is 23.6 Å². The van der Waals surface area contributed by atoms with Crippen LogP contribution < -0.4 is 0 Å². The van der Waals surface area contributed by atoms with Gasteiger partial charge in [0.1, 0.15) is 6.10 Å². The number of hydrogen-bond donors (Lipinski definition) is 3. The molecule has 0 saturated heterocycles. The van der Waals surface area contributed by atoms with E-state index in [2.05, 4.69) is 6.92 Å². The Morgan fingerprint density at radius 2 is 1.55 bits per heavy atom. The highest BCUT2D eigenvalue weighted by atomic mass is 16.4. The van der Waals surface area contributed by atoms with Crippen LogP contribution in [0.4, 0.5) is 0 Å². The zero-order valence-electron chi connectivity index (χ0n) is 13.8. The highest BCUT2D eigenvalue weighted by Gasteiger charge is 2.50. The molecule has 128 valence electrons. The number of carbonyl (C=O) groups is 1. The summed E-state index contributed by atoms with van der Waals surface area (Å²) < 4.78 is 0.